The number of anilines is 2. The highest BCUT2D eigenvalue weighted by atomic mass is 32.1. The van der Waals surface area contributed by atoms with Crippen molar-refractivity contribution in [2.75, 3.05) is 39.0 Å². The van der Waals surface area contributed by atoms with E-state index in [1.54, 1.807) is 40.2 Å². The maximum atomic E-state index is 13.8. The molecule has 2 aromatic carbocycles. The first kappa shape index (κ1) is 30.5. The van der Waals surface area contributed by atoms with E-state index < -0.39 is 17.8 Å². The summed E-state index contributed by atoms with van der Waals surface area (Å²) in [4.78, 5) is 44.8. The van der Waals surface area contributed by atoms with E-state index in [1.807, 2.05) is 42.5 Å². The zero-order valence-electron chi connectivity index (χ0n) is 24.6. The molecule has 0 radical (unpaired) electrons. The zero-order chi connectivity index (χ0) is 31.5. The number of carbonyl (C=O) groups is 3. The largest absolute Gasteiger partial charge is 0.497 e. The van der Waals surface area contributed by atoms with Gasteiger partial charge in [-0.25, -0.2) is 14.6 Å². The number of pyridine rings is 1. The summed E-state index contributed by atoms with van der Waals surface area (Å²) in [5.74, 6) is -0.680. The van der Waals surface area contributed by atoms with E-state index in [9.17, 15) is 14.4 Å². The second kappa shape index (κ2) is 12.7. The van der Waals surface area contributed by atoms with Crippen LogP contribution in [0.1, 0.15) is 42.2 Å². The molecule has 0 aliphatic carbocycles. The van der Waals surface area contributed by atoms with Crippen LogP contribution in [0.3, 0.4) is 0 Å². The Morgan fingerprint density at radius 2 is 1.66 bits per heavy atom. The molecule has 0 unspecified atom stereocenters. The molecule has 3 heterocycles. The number of aromatic nitrogens is 1. The van der Waals surface area contributed by atoms with Crippen LogP contribution in [0.15, 0.2) is 54.6 Å². The molecule has 44 heavy (non-hydrogen) atoms. The quantitative estimate of drug-likeness (QED) is 0.168. The van der Waals surface area contributed by atoms with Gasteiger partial charge in [0.05, 0.1) is 44.9 Å². The number of thiophene rings is 2. The molecular formula is C32H29N3O7S2. The minimum atomic E-state index is -0.699. The first-order valence-corrected chi connectivity index (χ1v) is 15.1. The highest BCUT2D eigenvalue weighted by Gasteiger charge is 2.29. The number of rotatable bonds is 9. The molecule has 5 aromatic rings. The maximum absolute atomic E-state index is 13.8. The molecule has 0 saturated heterocycles. The molecule has 0 fully saturated rings. The summed E-state index contributed by atoms with van der Waals surface area (Å²) in [7, 11) is 4.38. The summed E-state index contributed by atoms with van der Waals surface area (Å²) in [6.45, 7) is 3.44. The summed E-state index contributed by atoms with van der Waals surface area (Å²) < 4.78 is 21.3. The normalized spacial score (nSPS) is 10.8. The third-order valence-corrected chi connectivity index (χ3v) is 9.18. The van der Waals surface area contributed by atoms with Crippen molar-refractivity contribution in [1.29, 1.82) is 0 Å². The van der Waals surface area contributed by atoms with E-state index in [-0.39, 0.29) is 32.6 Å². The Bertz CT molecular complexity index is 1900. The molecule has 0 aliphatic heterocycles. The van der Waals surface area contributed by atoms with Crippen molar-refractivity contribution in [2.24, 2.45) is 0 Å². The van der Waals surface area contributed by atoms with Gasteiger partial charge in [-0.2, -0.15) is 0 Å². The SMILES string of the molecule is CCOC(=O)c1sc(NC(=O)c2sc3nc(-c4ccccc4)cc(-c4cc(OC)ccc4OC)c3c2N)c(C(=O)OC)c1C. The minimum absolute atomic E-state index is 0.0693. The van der Waals surface area contributed by atoms with Crippen molar-refractivity contribution in [1.82, 2.24) is 4.98 Å². The molecule has 12 heteroatoms. The fourth-order valence-electron chi connectivity index (χ4n) is 4.78. The summed E-state index contributed by atoms with van der Waals surface area (Å²) in [5.41, 5.74) is 10.3. The number of amides is 1. The lowest BCUT2D eigenvalue weighted by Crippen LogP contribution is -2.14. The van der Waals surface area contributed by atoms with Gasteiger partial charge in [-0.1, -0.05) is 30.3 Å². The molecule has 1 amide bonds. The Morgan fingerprint density at radius 3 is 2.32 bits per heavy atom. The predicted molar refractivity (Wildman–Crippen MR) is 172 cm³/mol. The average molecular weight is 632 g/mol. The Morgan fingerprint density at radius 1 is 0.909 bits per heavy atom. The number of carbonyl (C=O) groups excluding carboxylic acids is 3. The Kier molecular flexibility index (Phi) is 8.83. The standard InChI is InChI=1S/C32H29N3O7S2/c1-6-42-32(38)26-16(2)23(31(37)41-5)29(43-26)35-28(36)27-25(33)24-20(19-14-18(39-3)12-13-22(19)40-4)15-21(34-30(24)44-27)17-10-8-7-9-11-17/h7-15H,6,33H2,1-5H3,(H,35,36). The number of ether oxygens (including phenoxy) is 4. The molecular weight excluding hydrogens is 603 g/mol. The number of nitrogens with one attached hydrogen (secondary N) is 1. The van der Waals surface area contributed by atoms with Crippen LogP contribution in [-0.2, 0) is 9.47 Å². The number of hydrogen-bond acceptors (Lipinski definition) is 11. The van der Waals surface area contributed by atoms with Crippen LogP contribution < -0.4 is 20.5 Å². The molecule has 0 spiro atoms. The van der Waals surface area contributed by atoms with Crippen molar-refractivity contribution < 1.29 is 33.3 Å². The van der Waals surface area contributed by atoms with Crippen LogP contribution in [0, 0.1) is 6.92 Å². The summed E-state index contributed by atoms with van der Waals surface area (Å²) in [5, 5.41) is 3.49. The Balaban J connectivity index is 1.68. The number of nitrogens with two attached hydrogens (primary N) is 1. The Hall–Kier alpha value is -4.94. The van der Waals surface area contributed by atoms with E-state index in [2.05, 4.69) is 5.32 Å². The lowest BCUT2D eigenvalue weighted by atomic mass is 9.98. The molecule has 0 saturated carbocycles. The lowest BCUT2D eigenvalue weighted by molar-refractivity contribution is 0.0531. The highest BCUT2D eigenvalue weighted by molar-refractivity contribution is 7.22. The van der Waals surface area contributed by atoms with Crippen LogP contribution in [-0.4, -0.2) is 50.8 Å². The van der Waals surface area contributed by atoms with Gasteiger partial charge in [-0.3, -0.25) is 4.79 Å². The monoisotopic (exact) mass is 631 g/mol. The number of benzene rings is 2. The van der Waals surface area contributed by atoms with Gasteiger partial charge in [-0.05, 0) is 43.7 Å². The summed E-state index contributed by atoms with van der Waals surface area (Å²) in [6, 6.07) is 17.0. The zero-order valence-corrected chi connectivity index (χ0v) is 26.2. The fourth-order valence-corrected chi connectivity index (χ4v) is 6.88. The van der Waals surface area contributed by atoms with E-state index in [0.29, 0.717) is 44.1 Å². The van der Waals surface area contributed by atoms with Gasteiger partial charge < -0.3 is 30.0 Å². The minimum Gasteiger partial charge on any atom is -0.497 e. The lowest BCUT2D eigenvalue weighted by Gasteiger charge is -2.14. The smallest absolute Gasteiger partial charge is 0.348 e. The van der Waals surface area contributed by atoms with Gasteiger partial charge in [0.25, 0.3) is 5.91 Å². The Labute approximate surface area is 261 Å². The van der Waals surface area contributed by atoms with Gasteiger partial charge >= 0.3 is 11.9 Å². The molecule has 3 N–H and O–H groups in total. The van der Waals surface area contributed by atoms with Gasteiger partial charge in [0.15, 0.2) is 0 Å². The first-order chi connectivity index (χ1) is 21.2. The van der Waals surface area contributed by atoms with Crippen LogP contribution >= 0.6 is 22.7 Å². The predicted octanol–water partition coefficient (Wildman–Crippen LogP) is 6.82. The van der Waals surface area contributed by atoms with E-state index in [0.717, 1.165) is 28.2 Å². The highest BCUT2D eigenvalue weighted by Crippen LogP contribution is 2.45. The number of fused-ring (bicyclic) bond motifs is 1. The number of nitrogen functional groups attached to an aromatic ring is 1. The summed E-state index contributed by atoms with van der Waals surface area (Å²) >= 11 is 2.05. The third-order valence-electron chi connectivity index (χ3n) is 6.90. The second-order valence-corrected chi connectivity index (χ2v) is 11.5. The van der Waals surface area contributed by atoms with Crippen LogP contribution in [0.2, 0.25) is 0 Å². The average Bonchev–Trinajstić information content (AvgIpc) is 3.56. The molecule has 10 nitrogen and oxygen atoms in total. The molecule has 3 aromatic heterocycles. The summed E-state index contributed by atoms with van der Waals surface area (Å²) in [6.07, 6.45) is 0. The third kappa shape index (κ3) is 5.56. The van der Waals surface area contributed by atoms with E-state index >= 15 is 0 Å². The van der Waals surface area contributed by atoms with Gasteiger partial charge in [-0.15, -0.1) is 22.7 Å². The number of hydrogen-bond donors (Lipinski definition) is 2. The molecule has 0 aliphatic rings. The van der Waals surface area contributed by atoms with Crippen LogP contribution in [0.25, 0.3) is 32.6 Å². The van der Waals surface area contributed by atoms with Crippen molar-refractivity contribution in [3.63, 3.8) is 0 Å². The van der Waals surface area contributed by atoms with Gasteiger partial charge in [0.2, 0.25) is 0 Å². The van der Waals surface area contributed by atoms with Crippen molar-refractivity contribution in [3.05, 3.63) is 75.5 Å². The van der Waals surface area contributed by atoms with Crippen molar-refractivity contribution in [2.45, 2.75) is 13.8 Å². The fraction of sp³-hybridized carbons (Fsp3) is 0.188. The first-order valence-electron chi connectivity index (χ1n) is 13.4. The molecule has 0 bridgehead atoms. The molecule has 226 valence electrons. The van der Waals surface area contributed by atoms with Gasteiger partial charge in [0, 0.05) is 22.1 Å². The molecule has 0 atom stereocenters. The maximum Gasteiger partial charge on any atom is 0.348 e. The van der Waals surface area contributed by atoms with Crippen LogP contribution in [0.4, 0.5) is 10.7 Å². The van der Waals surface area contributed by atoms with E-state index in [4.69, 9.17) is 29.7 Å². The number of nitrogens with zero attached hydrogens (tertiary/aromatic N) is 1. The van der Waals surface area contributed by atoms with Crippen LogP contribution in [0.5, 0.6) is 11.5 Å². The van der Waals surface area contributed by atoms with Crippen molar-refractivity contribution >= 4 is 61.4 Å². The van der Waals surface area contributed by atoms with Gasteiger partial charge in [0.1, 0.15) is 31.1 Å². The number of esters is 2. The topological polar surface area (TPSA) is 139 Å². The van der Waals surface area contributed by atoms with Crippen molar-refractivity contribution in [3.8, 4) is 33.9 Å². The molecule has 5 rings (SSSR count). The van der Waals surface area contributed by atoms with E-state index in [1.165, 1.54) is 7.11 Å². The number of methoxy groups -OCH3 is 3. The second-order valence-electron chi connectivity index (χ2n) is 9.44.